The molecule has 28 heavy (non-hydrogen) atoms. The van der Waals surface area contributed by atoms with Crippen LogP contribution in [0, 0.1) is 17.2 Å². The Morgan fingerprint density at radius 3 is 3.07 bits per heavy atom. The highest BCUT2D eigenvalue weighted by Crippen LogP contribution is 2.26. The van der Waals surface area contributed by atoms with Gasteiger partial charge in [-0.1, -0.05) is 6.07 Å². The van der Waals surface area contributed by atoms with Gasteiger partial charge < -0.3 is 4.90 Å². The number of aromatic nitrogens is 4. The van der Waals surface area contributed by atoms with Crippen LogP contribution < -0.4 is 0 Å². The molecule has 0 radical (unpaired) electrons. The summed E-state index contributed by atoms with van der Waals surface area (Å²) in [6.07, 6.45) is 6.40. The molecule has 0 saturated carbocycles. The maximum absolute atomic E-state index is 14.5. The number of halogens is 1. The molecule has 1 amide bonds. The van der Waals surface area contributed by atoms with E-state index in [0.29, 0.717) is 30.9 Å². The smallest absolute Gasteiger partial charge is 0.236 e. The lowest BCUT2D eigenvalue weighted by molar-refractivity contribution is -0.132. The summed E-state index contributed by atoms with van der Waals surface area (Å²) in [5.41, 5.74) is 3.14. The molecule has 0 aromatic carbocycles. The first kappa shape index (κ1) is 18.0. The standard InChI is InChI=1S/C20H19FN6O/c21-17-5-8-26(20(28)4-6-22)13-14(17)9-15-10-23-12-18(25-15)16-11-24-27-7-2-1-3-19(16)27/h1-3,7,10-12,14,17H,4-5,8-9,13H2/t14?,17-/m1/s1. The average molecular weight is 378 g/mol. The van der Waals surface area contributed by atoms with E-state index < -0.39 is 6.17 Å². The van der Waals surface area contributed by atoms with Crippen LogP contribution in [0.25, 0.3) is 16.8 Å². The predicted octanol–water partition coefficient (Wildman–Crippen LogP) is 2.43. The lowest BCUT2D eigenvalue weighted by Gasteiger charge is -2.34. The summed E-state index contributed by atoms with van der Waals surface area (Å²) in [6.45, 7) is 0.649. The van der Waals surface area contributed by atoms with E-state index in [2.05, 4.69) is 15.1 Å². The van der Waals surface area contributed by atoms with Crippen molar-refractivity contribution in [3.8, 4) is 17.3 Å². The van der Waals surface area contributed by atoms with Gasteiger partial charge in [-0.05, 0) is 25.0 Å². The zero-order valence-corrected chi connectivity index (χ0v) is 15.2. The van der Waals surface area contributed by atoms with Crippen molar-refractivity contribution < 1.29 is 9.18 Å². The number of fused-ring (bicyclic) bond motifs is 1. The minimum Gasteiger partial charge on any atom is -0.341 e. The van der Waals surface area contributed by atoms with Gasteiger partial charge in [-0.2, -0.15) is 10.4 Å². The third kappa shape index (κ3) is 3.56. The van der Waals surface area contributed by atoms with Gasteiger partial charge in [0.05, 0.1) is 35.4 Å². The Bertz CT molecular complexity index is 1040. The maximum atomic E-state index is 14.5. The van der Waals surface area contributed by atoms with Gasteiger partial charge in [0.25, 0.3) is 0 Å². The van der Waals surface area contributed by atoms with Crippen LogP contribution in [0.4, 0.5) is 4.39 Å². The first-order valence-corrected chi connectivity index (χ1v) is 9.18. The number of carbonyl (C=O) groups excluding carboxylic acids is 1. The molecule has 3 aromatic heterocycles. The van der Waals surface area contributed by atoms with Crippen LogP contribution in [-0.4, -0.2) is 49.7 Å². The van der Waals surface area contributed by atoms with E-state index in [1.54, 1.807) is 28.0 Å². The summed E-state index contributed by atoms with van der Waals surface area (Å²) >= 11 is 0. The number of amides is 1. The van der Waals surface area contributed by atoms with Gasteiger partial charge in [0.1, 0.15) is 12.6 Å². The molecule has 7 nitrogen and oxygen atoms in total. The van der Waals surface area contributed by atoms with Crippen molar-refractivity contribution in [1.82, 2.24) is 24.5 Å². The van der Waals surface area contributed by atoms with E-state index in [-0.39, 0.29) is 24.7 Å². The number of alkyl halides is 1. The van der Waals surface area contributed by atoms with E-state index >= 15 is 0 Å². The monoisotopic (exact) mass is 378 g/mol. The van der Waals surface area contributed by atoms with Crippen LogP contribution >= 0.6 is 0 Å². The van der Waals surface area contributed by atoms with Crippen LogP contribution in [0.15, 0.2) is 43.0 Å². The van der Waals surface area contributed by atoms with Crippen molar-refractivity contribution in [2.75, 3.05) is 13.1 Å². The van der Waals surface area contributed by atoms with Gasteiger partial charge in [0.2, 0.25) is 5.91 Å². The van der Waals surface area contributed by atoms with E-state index in [1.165, 1.54) is 0 Å². The molecule has 2 atom stereocenters. The fourth-order valence-corrected chi connectivity index (χ4v) is 3.64. The van der Waals surface area contributed by atoms with Crippen molar-refractivity contribution in [2.45, 2.75) is 25.4 Å². The lowest BCUT2D eigenvalue weighted by Crippen LogP contribution is -2.45. The quantitative estimate of drug-likeness (QED) is 0.696. The highest BCUT2D eigenvalue weighted by molar-refractivity contribution is 5.78. The Morgan fingerprint density at radius 1 is 1.32 bits per heavy atom. The van der Waals surface area contributed by atoms with Gasteiger partial charge in [-0.25, -0.2) is 13.9 Å². The topological polar surface area (TPSA) is 87.2 Å². The Balaban J connectivity index is 1.55. The molecule has 0 aliphatic carbocycles. The number of nitrogens with zero attached hydrogens (tertiary/aromatic N) is 6. The molecule has 1 saturated heterocycles. The second-order valence-electron chi connectivity index (χ2n) is 6.93. The van der Waals surface area contributed by atoms with Gasteiger partial charge >= 0.3 is 0 Å². The van der Waals surface area contributed by atoms with Crippen LogP contribution in [0.2, 0.25) is 0 Å². The fraction of sp³-hybridized carbons (Fsp3) is 0.350. The summed E-state index contributed by atoms with van der Waals surface area (Å²) in [4.78, 5) is 22.5. The second kappa shape index (κ2) is 7.72. The average Bonchev–Trinajstić information content (AvgIpc) is 3.14. The molecule has 3 aromatic rings. The molecule has 4 rings (SSSR count). The summed E-state index contributed by atoms with van der Waals surface area (Å²) in [5, 5.41) is 13.0. The molecular formula is C20H19FN6O. The third-order valence-corrected chi connectivity index (χ3v) is 5.08. The Kier molecular flexibility index (Phi) is 4.98. The Hall–Kier alpha value is -3.34. The van der Waals surface area contributed by atoms with E-state index in [9.17, 15) is 9.18 Å². The molecule has 1 aliphatic rings. The molecule has 4 heterocycles. The fourth-order valence-electron chi connectivity index (χ4n) is 3.64. The highest BCUT2D eigenvalue weighted by atomic mass is 19.1. The molecule has 8 heteroatoms. The van der Waals surface area contributed by atoms with Crippen LogP contribution in [-0.2, 0) is 11.2 Å². The number of pyridine rings is 1. The highest BCUT2D eigenvalue weighted by Gasteiger charge is 2.31. The molecule has 1 unspecified atom stereocenters. The van der Waals surface area contributed by atoms with Crippen molar-refractivity contribution in [3.05, 3.63) is 48.7 Å². The zero-order valence-electron chi connectivity index (χ0n) is 15.2. The summed E-state index contributed by atoms with van der Waals surface area (Å²) in [6, 6.07) is 7.64. The van der Waals surface area contributed by atoms with E-state index in [1.807, 2.05) is 30.5 Å². The number of nitriles is 1. The van der Waals surface area contributed by atoms with Crippen molar-refractivity contribution in [2.24, 2.45) is 5.92 Å². The number of hydrogen-bond acceptors (Lipinski definition) is 5. The first-order chi connectivity index (χ1) is 13.7. The first-order valence-electron chi connectivity index (χ1n) is 9.18. The van der Waals surface area contributed by atoms with Crippen molar-refractivity contribution >= 4 is 11.4 Å². The van der Waals surface area contributed by atoms with Crippen LogP contribution in [0.5, 0.6) is 0 Å². The number of piperidine rings is 1. The van der Waals surface area contributed by atoms with Gasteiger partial charge in [-0.15, -0.1) is 0 Å². The number of likely N-dealkylation sites (tertiary alicyclic amines) is 1. The minimum absolute atomic E-state index is 0.173. The number of carbonyl (C=O) groups is 1. The van der Waals surface area contributed by atoms with E-state index in [0.717, 1.165) is 11.1 Å². The predicted molar refractivity (Wildman–Crippen MR) is 99.7 cm³/mol. The Labute approximate surface area is 161 Å². The van der Waals surface area contributed by atoms with Crippen molar-refractivity contribution in [1.29, 1.82) is 5.26 Å². The van der Waals surface area contributed by atoms with Crippen molar-refractivity contribution in [3.63, 3.8) is 0 Å². The largest absolute Gasteiger partial charge is 0.341 e. The molecule has 0 N–H and O–H groups in total. The minimum atomic E-state index is -1.01. The SMILES string of the molecule is N#CCC(=O)N1CC[C@@H](F)C(Cc2cncc(-c3cnn4ccccc34)n2)C1. The normalized spacial score (nSPS) is 19.5. The van der Waals surface area contributed by atoms with Crippen LogP contribution in [0.1, 0.15) is 18.5 Å². The molecule has 0 spiro atoms. The molecule has 1 fully saturated rings. The summed E-state index contributed by atoms with van der Waals surface area (Å²) < 4.78 is 16.2. The van der Waals surface area contributed by atoms with Gasteiger partial charge in [-0.3, -0.25) is 9.78 Å². The summed E-state index contributed by atoms with van der Waals surface area (Å²) in [7, 11) is 0. The van der Waals surface area contributed by atoms with Gasteiger partial charge in [0.15, 0.2) is 0 Å². The Morgan fingerprint density at radius 2 is 2.21 bits per heavy atom. The third-order valence-electron chi connectivity index (χ3n) is 5.08. The molecular weight excluding hydrogens is 359 g/mol. The lowest BCUT2D eigenvalue weighted by atomic mass is 9.91. The second-order valence-corrected chi connectivity index (χ2v) is 6.93. The number of rotatable bonds is 4. The molecule has 142 valence electrons. The molecule has 0 bridgehead atoms. The van der Waals surface area contributed by atoms with Crippen LogP contribution in [0.3, 0.4) is 0 Å². The molecule has 1 aliphatic heterocycles. The number of hydrogen-bond donors (Lipinski definition) is 0. The summed E-state index contributed by atoms with van der Waals surface area (Å²) in [5.74, 6) is -0.601. The van der Waals surface area contributed by atoms with Gasteiger partial charge in [0, 0.05) is 37.0 Å². The maximum Gasteiger partial charge on any atom is 0.236 e. The van der Waals surface area contributed by atoms with E-state index in [4.69, 9.17) is 5.26 Å². The zero-order chi connectivity index (χ0) is 19.5.